The molecule has 0 aromatic rings. The molecule has 0 aliphatic carbocycles. The zero-order valence-corrected chi connectivity index (χ0v) is 9.94. The molecule has 0 atom stereocenters. The summed E-state index contributed by atoms with van der Waals surface area (Å²) in [5.74, 6) is 0. The van der Waals surface area contributed by atoms with Crippen molar-refractivity contribution in [3.8, 4) is 0 Å². The predicted octanol–water partition coefficient (Wildman–Crippen LogP) is 4.36. The number of hydrogen-bond donors (Lipinski definition) is 0. The Labute approximate surface area is 83.3 Å². The molecule has 0 amide bonds. The first-order valence-electron chi connectivity index (χ1n) is 4.94. The minimum atomic E-state index is 0.970. The molecule has 13 heavy (non-hydrogen) atoms. The second-order valence-electron chi connectivity index (χ2n) is 2.89. The van der Waals surface area contributed by atoms with Crippen LogP contribution in [0.5, 0.6) is 0 Å². The molecule has 0 unspecified atom stereocenters. The van der Waals surface area contributed by atoms with Gasteiger partial charge in [0.25, 0.3) is 0 Å². The average molecular weight is 181 g/mol. The van der Waals surface area contributed by atoms with Crippen LogP contribution in [0.3, 0.4) is 0 Å². The van der Waals surface area contributed by atoms with Crippen LogP contribution in [-0.4, -0.2) is 5.71 Å². The van der Waals surface area contributed by atoms with Crippen LogP contribution in [0.1, 0.15) is 48.0 Å². The molecule has 0 N–H and O–H groups in total. The fourth-order valence-electron chi connectivity index (χ4n) is 0.785. The Morgan fingerprint density at radius 1 is 1.23 bits per heavy atom. The molecule has 0 saturated heterocycles. The zero-order valence-electron chi connectivity index (χ0n) is 9.94. The quantitative estimate of drug-likeness (QED) is 0.453. The maximum atomic E-state index is 4.35. The summed E-state index contributed by atoms with van der Waals surface area (Å²) >= 11 is 0. The second kappa shape index (κ2) is 9.24. The van der Waals surface area contributed by atoms with E-state index >= 15 is 0 Å². The van der Waals surface area contributed by atoms with E-state index in [0.717, 1.165) is 23.4 Å². The zero-order chi connectivity index (χ0) is 10.9. The monoisotopic (exact) mass is 181 g/mol. The van der Waals surface area contributed by atoms with Gasteiger partial charge in [0.05, 0.1) is 0 Å². The van der Waals surface area contributed by atoms with E-state index in [1.165, 1.54) is 0 Å². The molecule has 0 radical (unpaired) electrons. The molecule has 0 saturated carbocycles. The topological polar surface area (TPSA) is 12.4 Å². The first-order valence-corrected chi connectivity index (χ1v) is 4.94. The summed E-state index contributed by atoms with van der Waals surface area (Å²) in [6, 6.07) is 0. The smallest absolute Gasteiger partial charge is 0.0402 e. The highest BCUT2D eigenvalue weighted by Crippen LogP contribution is 2.06. The van der Waals surface area contributed by atoms with Crippen LogP contribution in [0.4, 0.5) is 0 Å². The second-order valence-corrected chi connectivity index (χ2v) is 2.89. The first kappa shape index (κ1) is 14.7. The van der Waals surface area contributed by atoms with E-state index < -0.39 is 0 Å². The third-order valence-corrected chi connectivity index (χ3v) is 1.14. The lowest BCUT2D eigenvalue weighted by Gasteiger charge is -1.97. The largest absolute Gasteiger partial charge is 0.263 e. The third-order valence-electron chi connectivity index (χ3n) is 1.14. The normalized spacial score (nSPS) is 9.85. The van der Waals surface area contributed by atoms with Gasteiger partial charge in [-0.15, -0.1) is 0 Å². The number of aliphatic imine (C=N–C) groups is 1. The van der Waals surface area contributed by atoms with E-state index in [1.807, 2.05) is 40.7 Å². The van der Waals surface area contributed by atoms with Crippen LogP contribution in [0.15, 0.2) is 28.9 Å². The lowest BCUT2D eigenvalue weighted by atomic mass is 10.2. The van der Waals surface area contributed by atoms with Gasteiger partial charge >= 0.3 is 0 Å². The molecule has 0 aliphatic rings. The van der Waals surface area contributed by atoms with Gasteiger partial charge < -0.3 is 0 Å². The van der Waals surface area contributed by atoms with Gasteiger partial charge in [-0.3, -0.25) is 4.99 Å². The lowest BCUT2D eigenvalue weighted by molar-refractivity contribution is 1.06. The van der Waals surface area contributed by atoms with Gasteiger partial charge in [-0.25, -0.2) is 0 Å². The van der Waals surface area contributed by atoms with Crippen molar-refractivity contribution in [2.24, 2.45) is 4.99 Å². The Morgan fingerprint density at radius 3 is 1.92 bits per heavy atom. The van der Waals surface area contributed by atoms with Gasteiger partial charge in [-0.1, -0.05) is 32.9 Å². The van der Waals surface area contributed by atoms with Crippen molar-refractivity contribution in [1.29, 1.82) is 0 Å². The number of hydrogen-bond acceptors (Lipinski definition) is 1. The first-order chi connectivity index (χ1) is 6.06. The van der Waals surface area contributed by atoms with Crippen molar-refractivity contribution >= 4 is 5.71 Å². The minimum absolute atomic E-state index is 0.970. The lowest BCUT2D eigenvalue weighted by Crippen LogP contribution is -1.84. The average Bonchev–Trinajstić information content (AvgIpc) is 2.05. The van der Waals surface area contributed by atoms with E-state index in [-0.39, 0.29) is 0 Å². The summed E-state index contributed by atoms with van der Waals surface area (Å²) in [6.45, 7) is 15.9. The van der Waals surface area contributed by atoms with Crippen molar-refractivity contribution in [3.05, 3.63) is 23.9 Å². The van der Waals surface area contributed by atoms with Crippen LogP contribution in [0, 0.1) is 0 Å². The summed E-state index contributed by atoms with van der Waals surface area (Å²) < 4.78 is 0. The number of allylic oxidation sites excluding steroid dienone is 3. The Morgan fingerprint density at radius 2 is 1.69 bits per heavy atom. The Bertz CT molecular complexity index is 193. The highest BCUT2D eigenvalue weighted by molar-refractivity contribution is 5.80. The molecule has 1 heteroatoms. The van der Waals surface area contributed by atoms with Gasteiger partial charge in [0.1, 0.15) is 0 Å². The van der Waals surface area contributed by atoms with Crippen LogP contribution < -0.4 is 0 Å². The standard InChI is InChI=1S/C10H17N.C2H6/c1-6-10(7-8(2)3)11-9(4)5;1-2/h7H,2,6H2,1,3-5H3;1-2H3/b10-7-;. The third kappa shape index (κ3) is 11.1. The molecule has 0 aliphatic heterocycles. The minimum Gasteiger partial charge on any atom is -0.263 e. The van der Waals surface area contributed by atoms with Crippen LogP contribution >= 0.6 is 0 Å². The maximum absolute atomic E-state index is 4.35. The van der Waals surface area contributed by atoms with Crippen LogP contribution in [0.25, 0.3) is 0 Å². The molecule has 0 aromatic carbocycles. The Hall–Kier alpha value is -0.850. The molecule has 0 aromatic heterocycles. The van der Waals surface area contributed by atoms with Crippen molar-refractivity contribution in [2.75, 3.05) is 0 Å². The van der Waals surface area contributed by atoms with E-state index in [0.29, 0.717) is 0 Å². The highest BCUT2D eigenvalue weighted by Gasteiger charge is 1.89. The molecule has 0 heterocycles. The Kier molecular flexibility index (Phi) is 10.4. The fraction of sp³-hybridized carbons (Fsp3) is 0.583. The van der Waals surface area contributed by atoms with Crippen molar-refractivity contribution < 1.29 is 0 Å². The molecule has 0 bridgehead atoms. The van der Waals surface area contributed by atoms with E-state index in [2.05, 4.69) is 18.5 Å². The Balaban J connectivity index is 0. The van der Waals surface area contributed by atoms with E-state index in [4.69, 9.17) is 0 Å². The van der Waals surface area contributed by atoms with Crippen LogP contribution in [-0.2, 0) is 0 Å². The van der Waals surface area contributed by atoms with Gasteiger partial charge in [0.15, 0.2) is 0 Å². The molecule has 0 spiro atoms. The van der Waals surface area contributed by atoms with Gasteiger partial charge in [-0.05, 0) is 33.3 Å². The molecule has 1 nitrogen and oxygen atoms in total. The van der Waals surface area contributed by atoms with E-state index in [9.17, 15) is 0 Å². The fourth-order valence-corrected chi connectivity index (χ4v) is 0.785. The molecule has 0 rings (SSSR count). The SMILES string of the molecule is C=C(C)/C=C(/CC)N=C(C)C.CC. The van der Waals surface area contributed by atoms with Gasteiger partial charge in [-0.2, -0.15) is 0 Å². The van der Waals surface area contributed by atoms with Crippen molar-refractivity contribution in [3.63, 3.8) is 0 Å². The molecule has 0 fully saturated rings. The summed E-state index contributed by atoms with van der Waals surface area (Å²) in [4.78, 5) is 4.35. The van der Waals surface area contributed by atoms with Crippen molar-refractivity contribution in [1.82, 2.24) is 0 Å². The summed E-state index contributed by atoms with van der Waals surface area (Å²) in [6.07, 6.45) is 2.99. The number of nitrogens with zero attached hydrogens (tertiary/aromatic N) is 1. The van der Waals surface area contributed by atoms with Crippen LogP contribution in [0.2, 0.25) is 0 Å². The number of rotatable bonds is 3. The highest BCUT2D eigenvalue weighted by atomic mass is 14.7. The van der Waals surface area contributed by atoms with Gasteiger partial charge in [0, 0.05) is 11.4 Å². The molecule has 76 valence electrons. The maximum Gasteiger partial charge on any atom is 0.0402 e. The summed E-state index contributed by atoms with van der Waals surface area (Å²) in [5, 5.41) is 0. The predicted molar refractivity (Wildman–Crippen MR) is 63.3 cm³/mol. The summed E-state index contributed by atoms with van der Waals surface area (Å²) in [5.41, 5.74) is 3.27. The summed E-state index contributed by atoms with van der Waals surface area (Å²) in [7, 11) is 0. The van der Waals surface area contributed by atoms with E-state index in [1.54, 1.807) is 0 Å². The van der Waals surface area contributed by atoms with Gasteiger partial charge in [0.2, 0.25) is 0 Å². The molecular weight excluding hydrogens is 158 g/mol. The molecular formula is C12H23N. The van der Waals surface area contributed by atoms with Crippen molar-refractivity contribution in [2.45, 2.75) is 48.0 Å².